The van der Waals surface area contributed by atoms with E-state index in [0.29, 0.717) is 23.4 Å². The summed E-state index contributed by atoms with van der Waals surface area (Å²) in [5, 5.41) is 19.6. The van der Waals surface area contributed by atoms with Crippen LogP contribution in [0.15, 0.2) is 53.6 Å². The first kappa shape index (κ1) is 31.0. The lowest BCUT2D eigenvalue weighted by Gasteiger charge is -2.22. The second-order valence-corrected chi connectivity index (χ2v) is 10.5. The van der Waals surface area contributed by atoms with Crippen LogP contribution in [0.3, 0.4) is 0 Å². The van der Waals surface area contributed by atoms with Gasteiger partial charge in [-0.2, -0.15) is 0 Å². The smallest absolute Gasteiger partial charge is 0.407 e. The molecule has 0 aliphatic heterocycles. The van der Waals surface area contributed by atoms with Gasteiger partial charge in [-0.15, -0.1) is 9.78 Å². The number of hydrogen-bond donors (Lipinski definition) is 5. The average molecular weight is 595 g/mol. The highest BCUT2D eigenvalue weighted by atomic mass is 19.1. The number of ether oxygens (including phenoxy) is 2. The molecule has 0 fully saturated rings. The van der Waals surface area contributed by atoms with E-state index in [9.17, 15) is 14.7 Å². The van der Waals surface area contributed by atoms with Crippen LogP contribution in [0.5, 0.6) is 5.75 Å². The van der Waals surface area contributed by atoms with Crippen LogP contribution in [0, 0.1) is 5.82 Å². The van der Waals surface area contributed by atoms with E-state index < -0.39 is 29.2 Å². The summed E-state index contributed by atoms with van der Waals surface area (Å²) in [4.78, 5) is 36.0. The molecule has 1 amide bonds. The Morgan fingerprint density at radius 1 is 1.21 bits per heavy atom. The van der Waals surface area contributed by atoms with Crippen molar-refractivity contribution >= 4 is 17.5 Å². The Balaban J connectivity index is 1.76. The van der Waals surface area contributed by atoms with Gasteiger partial charge in [0.2, 0.25) is 0 Å². The fraction of sp³-hybridized carbons (Fsp3) is 0.345. The molecule has 0 radical (unpaired) electrons. The summed E-state index contributed by atoms with van der Waals surface area (Å²) < 4.78 is 27.8. The van der Waals surface area contributed by atoms with Gasteiger partial charge >= 0.3 is 11.8 Å². The summed E-state index contributed by atoms with van der Waals surface area (Å²) in [7, 11) is 0. The van der Waals surface area contributed by atoms with Gasteiger partial charge in [0.1, 0.15) is 18.2 Å². The van der Waals surface area contributed by atoms with E-state index in [2.05, 4.69) is 30.7 Å². The Kier molecular flexibility index (Phi) is 9.60. The predicted octanol–water partition coefficient (Wildman–Crippen LogP) is 3.23. The molecule has 1 unspecified atom stereocenters. The molecule has 0 aliphatic rings. The highest BCUT2D eigenvalue weighted by Crippen LogP contribution is 2.33. The van der Waals surface area contributed by atoms with Gasteiger partial charge in [-0.3, -0.25) is 4.98 Å². The fourth-order valence-electron chi connectivity index (χ4n) is 4.15. The number of aliphatic hydroxyl groups is 1. The van der Waals surface area contributed by atoms with E-state index >= 15 is 4.39 Å². The lowest BCUT2D eigenvalue weighted by molar-refractivity contribution is 0.0523. The number of rotatable bonds is 11. The molecule has 4 rings (SSSR count). The van der Waals surface area contributed by atoms with E-state index in [4.69, 9.17) is 15.2 Å². The third-order valence-electron chi connectivity index (χ3n) is 6.12. The van der Waals surface area contributed by atoms with Crippen molar-refractivity contribution in [1.29, 1.82) is 0 Å². The van der Waals surface area contributed by atoms with Crippen LogP contribution < -0.4 is 26.8 Å². The van der Waals surface area contributed by atoms with E-state index in [1.54, 1.807) is 57.2 Å². The van der Waals surface area contributed by atoms with Crippen LogP contribution >= 0.6 is 0 Å². The highest BCUT2D eigenvalue weighted by molar-refractivity contribution is 5.68. The zero-order valence-corrected chi connectivity index (χ0v) is 24.3. The number of aryl methyl sites for hydroxylation is 1. The van der Waals surface area contributed by atoms with Gasteiger partial charge in [0.15, 0.2) is 17.4 Å². The molecule has 0 spiro atoms. The number of aliphatic hydroxyl groups excluding tert-OH is 1. The maximum atomic E-state index is 16.0. The lowest BCUT2D eigenvalue weighted by atomic mass is 10.00. The maximum absolute atomic E-state index is 16.0. The number of carbonyl (C=O) groups is 1. The summed E-state index contributed by atoms with van der Waals surface area (Å²) in [5.41, 5.74) is 7.24. The van der Waals surface area contributed by atoms with E-state index in [1.807, 2.05) is 6.92 Å². The monoisotopic (exact) mass is 594 g/mol. The molecule has 0 saturated carbocycles. The summed E-state index contributed by atoms with van der Waals surface area (Å²) >= 11 is 0. The van der Waals surface area contributed by atoms with Gasteiger partial charge in [0, 0.05) is 35.9 Å². The molecule has 228 valence electrons. The maximum Gasteiger partial charge on any atom is 0.407 e. The van der Waals surface area contributed by atoms with Gasteiger partial charge in [-0.05, 0) is 68.7 Å². The van der Waals surface area contributed by atoms with Crippen molar-refractivity contribution < 1.29 is 23.8 Å². The van der Waals surface area contributed by atoms with E-state index in [0.717, 1.165) is 10.2 Å². The number of nitrogens with one attached hydrogen (secondary N) is 3. The molecular weight excluding hydrogens is 559 g/mol. The normalized spacial score (nSPS) is 12.0. The Bertz CT molecular complexity index is 1620. The number of benzene rings is 2. The second kappa shape index (κ2) is 13.3. The van der Waals surface area contributed by atoms with Crippen LogP contribution in [-0.4, -0.2) is 54.7 Å². The van der Waals surface area contributed by atoms with Crippen molar-refractivity contribution in [2.45, 2.75) is 52.3 Å². The minimum Gasteiger partial charge on any atom is -0.488 e. The Hall–Kier alpha value is -4.98. The number of hydrogen-bond acceptors (Lipinski definition) is 10. The number of H-pyrrole nitrogens is 1. The van der Waals surface area contributed by atoms with Crippen molar-refractivity contribution in [3.8, 4) is 11.7 Å². The number of nitrogen functional groups attached to an aromatic ring is 1. The fourth-order valence-corrected chi connectivity index (χ4v) is 4.15. The number of alkyl carbamates (subject to hydrolysis) is 1. The summed E-state index contributed by atoms with van der Waals surface area (Å²) in [6.07, 6.45) is 2.88. The lowest BCUT2D eigenvalue weighted by Crippen LogP contribution is -2.32. The molecule has 14 heteroatoms. The SMILES string of the molecule is CCc1cc(OCCO)c(F)c(C(Nc2ccc(N)c(CNC(=O)OC(C)(C)C)c2)c2nn(-c3ncccn3)c(=O)[nH]2)c1. The van der Waals surface area contributed by atoms with Gasteiger partial charge in [0.05, 0.1) is 6.61 Å². The van der Waals surface area contributed by atoms with Gasteiger partial charge in [-0.25, -0.2) is 23.9 Å². The summed E-state index contributed by atoms with van der Waals surface area (Å²) in [6.45, 7) is 6.84. The van der Waals surface area contributed by atoms with Crippen molar-refractivity contribution in [3.05, 3.63) is 87.6 Å². The number of nitrogens with two attached hydrogens (primary N) is 1. The van der Waals surface area contributed by atoms with E-state index in [1.165, 1.54) is 12.4 Å². The number of carbonyl (C=O) groups excluding carboxylic acids is 1. The van der Waals surface area contributed by atoms with Crippen LogP contribution in [0.2, 0.25) is 0 Å². The quantitative estimate of drug-likeness (QED) is 0.162. The third-order valence-corrected chi connectivity index (χ3v) is 6.12. The van der Waals surface area contributed by atoms with E-state index in [-0.39, 0.29) is 42.8 Å². The zero-order chi connectivity index (χ0) is 31.1. The van der Waals surface area contributed by atoms with Gasteiger partial charge < -0.3 is 30.9 Å². The molecule has 2 aromatic carbocycles. The van der Waals surface area contributed by atoms with Crippen LogP contribution in [0.4, 0.5) is 20.6 Å². The van der Waals surface area contributed by atoms with Crippen LogP contribution in [0.25, 0.3) is 5.95 Å². The molecule has 13 nitrogen and oxygen atoms in total. The first-order valence-corrected chi connectivity index (χ1v) is 13.6. The van der Waals surface area contributed by atoms with Crippen molar-refractivity contribution in [2.24, 2.45) is 0 Å². The largest absolute Gasteiger partial charge is 0.488 e. The number of nitrogens with zero attached hydrogens (tertiary/aromatic N) is 4. The van der Waals surface area contributed by atoms with Crippen molar-refractivity contribution in [3.63, 3.8) is 0 Å². The molecule has 2 aromatic heterocycles. The molecular formula is C29H35FN8O5. The van der Waals surface area contributed by atoms with Crippen LogP contribution in [0.1, 0.15) is 56.3 Å². The third kappa shape index (κ3) is 7.86. The summed E-state index contributed by atoms with van der Waals surface area (Å²) in [5.74, 6) is -0.644. The molecule has 1 atom stereocenters. The molecule has 43 heavy (non-hydrogen) atoms. The first-order valence-electron chi connectivity index (χ1n) is 13.6. The standard InChI is InChI=1S/C29H35FN8O5/c1-5-17-13-20(23(30)22(14-17)42-12-11-39)24(25-36-27(40)38(37-25)26-32-9-6-10-33-26)35-19-7-8-21(31)18(15-19)16-34-28(41)43-29(2,3)4/h6-10,13-15,24,35,39H,5,11-12,16,31H2,1-4H3,(H,34,41)(H,36,37,40). The average Bonchev–Trinajstić information content (AvgIpc) is 3.36. The van der Waals surface area contributed by atoms with Crippen LogP contribution in [-0.2, 0) is 17.7 Å². The summed E-state index contributed by atoms with van der Waals surface area (Å²) in [6, 6.07) is 8.79. The van der Waals surface area contributed by atoms with Crippen molar-refractivity contribution in [2.75, 3.05) is 24.3 Å². The Morgan fingerprint density at radius 3 is 2.63 bits per heavy atom. The zero-order valence-electron chi connectivity index (χ0n) is 24.3. The number of anilines is 2. The Morgan fingerprint density at radius 2 is 1.95 bits per heavy atom. The molecule has 6 N–H and O–H groups in total. The minimum atomic E-state index is -1.03. The number of aromatic nitrogens is 5. The predicted molar refractivity (Wildman–Crippen MR) is 158 cm³/mol. The molecule has 2 heterocycles. The number of amides is 1. The topological polar surface area (TPSA) is 182 Å². The second-order valence-electron chi connectivity index (χ2n) is 10.5. The molecule has 0 aliphatic carbocycles. The number of halogens is 1. The highest BCUT2D eigenvalue weighted by Gasteiger charge is 2.27. The molecule has 0 saturated heterocycles. The molecule has 0 bridgehead atoms. The van der Waals surface area contributed by atoms with Gasteiger partial charge in [0.25, 0.3) is 5.95 Å². The van der Waals surface area contributed by atoms with Gasteiger partial charge in [-0.1, -0.05) is 13.0 Å². The minimum absolute atomic E-state index is 0.0338. The molecule has 4 aromatic rings. The number of aromatic amines is 1. The first-order chi connectivity index (χ1) is 20.5. The van der Waals surface area contributed by atoms with Crippen molar-refractivity contribution in [1.82, 2.24) is 30.0 Å². The Labute approximate surface area is 247 Å².